The van der Waals surface area contributed by atoms with Gasteiger partial charge in [0, 0.05) is 8.59 Å². The first kappa shape index (κ1) is 16.2. The number of thiazole rings is 1. The minimum atomic E-state index is -0.279. The molecule has 0 radical (unpaired) electrons. The van der Waals surface area contributed by atoms with E-state index in [1.54, 1.807) is 12.1 Å². The molecule has 114 valence electrons. The number of rotatable bonds is 2. The second-order valence-corrected chi connectivity index (χ2v) is 7.29. The normalized spacial score (nSPS) is 11.6. The number of halogens is 2. The molecule has 0 bridgehead atoms. The predicted octanol–water partition coefficient (Wildman–Crippen LogP) is 4.34. The van der Waals surface area contributed by atoms with Crippen molar-refractivity contribution >= 4 is 61.7 Å². The van der Waals surface area contributed by atoms with Crippen LogP contribution in [0, 0.1) is 15.9 Å². The number of nitrogens with zero attached hydrogens (tertiary/aromatic N) is 2. The molecule has 3 aromatic rings. The van der Waals surface area contributed by atoms with Crippen LogP contribution in [0.2, 0.25) is 5.02 Å². The van der Waals surface area contributed by atoms with E-state index in [0.29, 0.717) is 21.9 Å². The van der Waals surface area contributed by atoms with Crippen molar-refractivity contribution in [2.24, 2.45) is 4.99 Å². The summed E-state index contributed by atoms with van der Waals surface area (Å²) < 4.78 is 3.66. The average Bonchev–Trinajstić information content (AvgIpc) is 2.84. The van der Waals surface area contributed by atoms with Gasteiger partial charge in [-0.15, -0.1) is 6.42 Å². The Hall–Kier alpha value is -1.62. The summed E-state index contributed by atoms with van der Waals surface area (Å²) >= 11 is 9.57. The van der Waals surface area contributed by atoms with E-state index in [1.165, 1.54) is 11.3 Å². The van der Waals surface area contributed by atoms with E-state index in [4.69, 9.17) is 18.0 Å². The standard InChI is InChI=1S/C17H10ClIN2OS/c1-2-9-21-14-8-7-11(18)10-15(14)23-17(21)20-16(22)12-5-3-4-6-13(12)19/h1,3-8,10H,9H2. The Morgan fingerprint density at radius 1 is 1.35 bits per heavy atom. The van der Waals surface area contributed by atoms with Gasteiger partial charge in [-0.3, -0.25) is 4.79 Å². The van der Waals surface area contributed by atoms with Gasteiger partial charge in [0.15, 0.2) is 4.80 Å². The zero-order valence-corrected chi connectivity index (χ0v) is 15.5. The number of carbonyl (C=O) groups is 1. The van der Waals surface area contributed by atoms with E-state index in [1.807, 2.05) is 34.9 Å². The summed E-state index contributed by atoms with van der Waals surface area (Å²) in [5, 5.41) is 0.641. The highest BCUT2D eigenvalue weighted by molar-refractivity contribution is 14.1. The van der Waals surface area contributed by atoms with Crippen LogP contribution in [0.25, 0.3) is 10.2 Å². The van der Waals surface area contributed by atoms with E-state index in [-0.39, 0.29) is 5.91 Å². The van der Waals surface area contributed by atoms with Gasteiger partial charge in [-0.25, -0.2) is 0 Å². The predicted molar refractivity (Wildman–Crippen MR) is 103 cm³/mol. The SMILES string of the molecule is C#CCn1c(=NC(=O)c2ccccc2I)sc2cc(Cl)ccc21. The van der Waals surface area contributed by atoms with Crippen LogP contribution in [0.15, 0.2) is 47.5 Å². The van der Waals surface area contributed by atoms with Crippen molar-refractivity contribution in [3.05, 3.63) is 61.4 Å². The van der Waals surface area contributed by atoms with E-state index in [9.17, 15) is 4.79 Å². The molecule has 0 unspecified atom stereocenters. The summed E-state index contributed by atoms with van der Waals surface area (Å²) in [6, 6.07) is 12.9. The molecule has 0 atom stereocenters. The highest BCUT2D eigenvalue weighted by Gasteiger charge is 2.11. The van der Waals surface area contributed by atoms with E-state index in [2.05, 4.69) is 33.5 Å². The number of amides is 1. The van der Waals surface area contributed by atoms with Gasteiger partial charge < -0.3 is 4.57 Å². The van der Waals surface area contributed by atoms with Crippen LogP contribution < -0.4 is 4.80 Å². The molecule has 1 heterocycles. The van der Waals surface area contributed by atoms with Crippen LogP contribution in [0.5, 0.6) is 0 Å². The van der Waals surface area contributed by atoms with Gasteiger partial charge in [0.2, 0.25) is 0 Å². The Bertz CT molecular complexity index is 1010. The third-order valence-electron chi connectivity index (χ3n) is 3.20. The maximum Gasteiger partial charge on any atom is 0.280 e. The Balaban J connectivity index is 2.19. The molecule has 0 aliphatic rings. The lowest BCUT2D eigenvalue weighted by atomic mass is 10.2. The molecule has 2 aromatic carbocycles. The molecule has 3 nitrogen and oxygen atoms in total. The third-order valence-corrected chi connectivity index (χ3v) is 5.41. The monoisotopic (exact) mass is 452 g/mol. The highest BCUT2D eigenvalue weighted by Crippen LogP contribution is 2.22. The van der Waals surface area contributed by atoms with Crippen molar-refractivity contribution in [2.45, 2.75) is 6.54 Å². The van der Waals surface area contributed by atoms with Crippen LogP contribution in [0.4, 0.5) is 0 Å². The molecule has 0 saturated heterocycles. The Labute approximate surface area is 155 Å². The summed E-state index contributed by atoms with van der Waals surface area (Å²) in [6.07, 6.45) is 5.46. The van der Waals surface area contributed by atoms with Gasteiger partial charge in [-0.2, -0.15) is 4.99 Å². The molecular weight excluding hydrogens is 443 g/mol. The lowest BCUT2D eigenvalue weighted by molar-refractivity contribution is 0.0997. The highest BCUT2D eigenvalue weighted by atomic mass is 127. The molecule has 0 aliphatic heterocycles. The Morgan fingerprint density at radius 3 is 2.87 bits per heavy atom. The first-order chi connectivity index (χ1) is 11.1. The van der Waals surface area contributed by atoms with Gasteiger partial charge >= 0.3 is 0 Å². The van der Waals surface area contributed by atoms with E-state index < -0.39 is 0 Å². The molecule has 1 aromatic heterocycles. The second-order valence-electron chi connectivity index (χ2n) is 4.68. The maximum atomic E-state index is 12.5. The summed E-state index contributed by atoms with van der Waals surface area (Å²) in [5.74, 6) is 2.33. The number of hydrogen-bond acceptors (Lipinski definition) is 2. The quantitative estimate of drug-likeness (QED) is 0.421. The van der Waals surface area contributed by atoms with Crippen molar-refractivity contribution in [1.82, 2.24) is 4.57 Å². The minimum Gasteiger partial charge on any atom is -0.305 e. The van der Waals surface area contributed by atoms with Crippen molar-refractivity contribution in [3.8, 4) is 12.3 Å². The first-order valence-corrected chi connectivity index (χ1v) is 8.93. The zero-order chi connectivity index (χ0) is 16.4. The molecule has 0 fully saturated rings. The Kier molecular flexibility index (Phi) is 4.85. The first-order valence-electron chi connectivity index (χ1n) is 6.66. The third kappa shape index (κ3) is 3.34. The fourth-order valence-electron chi connectivity index (χ4n) is 2.16. The van der Waals surface area contributed by atoms with Crippen LogP contribution in [0.1, 0.15) is 10.4 Å². The van der Waals surface area contributed by atoms with Crippen LogP contribution in [-0.4, -0.2) is 10.5 Å². The molecule has 1 amide bonds. The lowest BCUT2D eigenvalue weighted by Crippen LogP contribution is -2.16. The van der Waals surface area contributed by atoms with Crippen molar-refractivity contribution in [2.75, 3.05) is 0 Å². The van der Waals surface area contributed by atoms with E-state index >= 15 is 0 Å². The number of benzene rings is 2. The van der Waals surface area contributed by atoms with Gasteiger partial charge in [0.1, 0.15) is 0 Å². The number of carbonyl (C=O) groups excluding carboxylic acids is 1. The average molecular weight is 453 g/mol. The van der Waals surface area contributed by atoms with Crippen molar-refractivity contribution < 1.29 is 4.79 Å². The smallest absolute Gasteiger partial charge is 0.280 e. The number of terminal acetylenes is 1. The largest absolute Gasteiger partial charge is 0.305 e. The molecular formula is C17H10ClIN2OS. The molecule has 6 heteroatoms. The molecule has 0 aliphatic carbocycles. The van der Waals surface area contributed by atoms with Gasteiger partial charge in [-0.05, 0) is 52.9 Å². The van der Waals surface area contributed by atoms with Crippen molar-refractivity contribution in [3.63, 3.8) is 0 Å². The summed E-state index contributed by atoms with van der Waals surface area (Å²) in [7, 11) is 0. The number of hydrogen-bond donors (Lipinski definition) is 0. The fourth-order valence-corrected chi connectivity index (χ4v) is 4.08. The summed E-state index contributed by atoms with van der Waals surface area (Å²) in [5.41, 5.74) is 1.50. The number of aromatic nitrogens is 1. The second kappa shape index (κ2) is 6.87. The maximum absolute atomic E-state index is 12.5. The minimum absolute atomic E-state index is 0.279. The molecule has 23 heavy (non-hydrogen) atoms. The topological polar surface area (TPSA) is 34.4 Å². The zero-order valence-electron chi connectivity index (χ0n) is 11.8. The molecule has 0 spiro atoms. The fraction of sp³-hybridized carbons (Fsp3) is 0.0588. The van der Waals surface area contributed by atoms with Crippen LogP contribution in [-0.2, 0) is 6.54 Å². The lowest BCUT2D eigenvalue weighted by Gasteiger charge is -2.00. The van der Waals surface area contributed by atoms with Gasteiger partial charge in [-0.1, -0.05) is 41.0 Å². The summed E-state index contributed by atoms with van der Waals surface area (Å²) in [6.45, 7) is 0.347. The molecule has 3 rings (SSSR count). The van der Waals surface area contributed by atoms with Crippen LogP contribution in [0.3, 0.4) is 0 Å². The molecule has 0 saturated carbocycles. The van der Waals surface area contributed by atoms with Crippen molar-refractivity contribution in [1.29, 1.82) is 0 Å². The molecule has 0 N–H and O–H groups in total. The van der Waals surface area contributed by atoms with Crippen LogP contribution >= 0.6 is 45.5 Å². The summed E-state index contributed by atoms with van der Waals surface area (Å²) in [4.78, 5) is 17.3. The number of fused-ring (bicyclic) bond motifs is 1. The van der Waals surface area contributed by atoms with Gasteiger partial charge in [0.25, 0.3) is 5.91 Å². The van der Waals surface area contributed by atoms with Gasteiger partial charge in [0.05, 0.1) is 22.3 Å². The Morgan fingerprint density at radius 2 is 2.13 bits per heavy atom. The van der Waals surface area contributed by atoms with E-state index in [0.717, 1.165) is 13.8 Å².